The molecular formula is C21H18ClNO4S. The first-order chi connectivity index (χ1) is 13.5. The van der Waals surface area contributed by atoms with Crippen molar-refractivity contribution in [2.75, 3.05) is 19.4 Å². The van der Waals surface area contributed by atoms with Crippen LogP contribution in [0, 0.1) is 6.92 Å². The number of hydrogen-bond acceptors (Lipinski definition) is 5. The van der Waals surface area contributed by atoms with Gasteiger partial charge >= 0.3 is 0 Å². The molecule has 1 atom stereocenters. The van der Waals surface area contributed by atoms with Crippen molar-refractivity contribution in [3.05, 3.63) is 74.1 Å². The van der Waals surface area contributed by atoms with E-state index in [1.807, 2.05) is 37.4 Å². The SMILES string of the molecule is CSc1ccc(C2c3c(oc4cc(C)c(Cl)cc4c3=O)C(=O)N2CCO)cc1. The van der Waals surface area contributed by atoms with Gasteiger partial charge in [-0.1, -0.05) is 23.7 Å². The van der Waals surface area contributed by atoms with Gasteiger partial charge in [-0.05, 0) is 48.6 Å². The molecule has 1 aromatic heterocycles. The van der Waals surface area contributed by atoms with Gasteiger partial charge < -0.3 is 14.4 Å². The van der Waals surface area contributed by atoms with E-state index in [-0.39, 0.29) is 24.3 Å². The van der Waals surface area contributed by atoms with E-state index >= 15 is 0 Å². The number of amides is 1. The Morgan fingerprint density at radius 1 is 1.21 bits per heavy atom. The summed E-state index contributed by atoms with van der Waals surface area (Å²) in [7, 11) is 0. The van der Waals surface area contributed by atoms with Crippen molar-refractivity contribution >= 4 is 40.2 Å². The number of β-amino-alcohol motifs (C(OH)–C–C–N with tert-alkyl or cyclic N) is 1. The fourth-order valence-corrected chi connectivity index (χ4v) is 4.18. The number of carbonyl (C=O) groups is 1. The number of aryl methyl sites for hydroxylation is 1. The molecule has 1 unspecified atom stereocenters. The molecule has 5 nitrogen and oxygen atoms in total. The van der Waals surface area contributed by atoms with Gasteiger partial charge in [-0.2, -0.15) is 0 Å². The first-order valence-corrected chi connectivity index (χ1v) is 10.4. The van der Waals surface area contributed by atoms with Gasteiger partial charge in [0.2, 0.25) is 5.76 Å². The minimum atomic E-state index is -0.605. The molecule has 0 saturated carbocycles. The summed E-state index contributed by atoms with van der Waals surface area (Å²) in [5.74, 6) is -0.360. The summed E-state index contributed by atoms with van der Waals surface area (Å²) in [6.45, 7) is 1.70. The molecule has 28 heavy (non-hydrogen) atoms. The quantitative estimate of drug-likeness (QED) is 0.652. The van der Waals surface area contributed by atoms with Gasteiger partial charge in [0.25, 0.3) is 5.91 Å². The highest BCUT2D eigenvalue weighted by Gasteiger charge is 2.42. The third-order valence-electron chi connectivity index (χ3n) is 5.02. The second kappa shape index (κ2) is 7.28. The number of aliphatic hydroxyl groups is 1. The molecule has 144 valence electrons. The summed E-state index contributed by atoms with van der Waals surface area (Å²) in [6, 6.07) is 10.3. The summed E-state index contributed by atoms with van der Waals surface area (Å²) in [5, 5.41) is 10.3. The lowest BCUT2D eigenvalue weighted by molar-refractivity contribution is 0.0691. The molecule has 2 heterocycles. The first kappa shape index (κ1) is 19.1. The predicted octanol–water partition coefficient (Wildman–Crippen LogP) is 4.01. The maximum absolute atomic E-state index is 13.3. The summed E-state index contributed by atoms with van der Waals surface area (Å²) < 4.78 is 5.87. The Hall–Kier alpha value is -2.28. The number of carbonyl (C=O) groups excluding carboxylic acids is 1. The average molecular weight is 416 g/mol. The van der Waals surface area contributed by atoms with E-state index in [0.29, 0.717) is 21.6 Å². The van der Waals surface area contributed by atoms with Crippen molar-refractivity contribution in [1.29, 1.82) is 0 Å². The zero-order valence-electron chi connectivity index (χ0n) is 15.4. The Bertz CT molecular complexity index is 1140. The second-order valence-electron chi connectivity index (χ2n) is 6.67. The van der Waals surface area contributed by atoms with Crippen molar-refractivity contribution in [1.82, 2.24) is 4.90 Å². The zero-order chi connectivity index (χ0) is 20.0. The third-order valence-corrected chi connectivity index (χ3v) is 6.17. The lowest BCUT2D eigenvalue weighted by Gasteiger charge is -2.24. The molecule has 1 aliphatic rings. The van der Waals surface area contributed by atoms with Crippen molar-refractivity contribution in [2.24, 2.45) is 0 Å². The van der Waals surface area contributed by atoms with Crippen molar-refractivity contribution in [3.63, 3.8) is 0 Å². The number of thioether (sulfide) groups is 1. The van der Waals surface area contributed by atoms with E-state index in [1.54, 1.807) is 23.9 Å². The van der Waals surface area contributed by atoms with Crippen LogP contribution in [0.1, 0.15) is 33.3 Å². The van der Waals surface area contributed by atoms with Gasteiger partial charge in [0.05, 0.1) is 23.6 Å². The standard InChI is InChI=1S/C21H18ClNO4S/c1-11-9-16-14(10-15(11)22)19(25)17-18(12-3-5-13(28-2)6-4-12)23(7-8-24)21(26)20(17)27-16/h3-6,9-10,18,24H,7-8H2,1-2H3. The van der Waals surface area contributed by atoms with Gasteiger partial charge in [0.15, 0.2) is 5.43 Å². The van der Waals surface area contributed by atoms with Crippen LogP contribution in [-0.4, -0.2) is 35.3 Å². The van der Waals surface area contributed by atoms with E-state index in [4.69, 9.17) is 16.0 Å². The molecule has 1 N–H and O–H groups in total. The number of benzene rings is 2. The Morgan fingerprint density at radius 3 is 2.57 bits per heavy atom. The van der Waals surface area contributed by atoms with E-state index in [9.17, 15) is 14.7 Å². The van der Waals surface area contributed by atoms with Gasteiger partial charge in [-0.3, -0.25) is 9.59 Å². The van der Waals surface area contributed by atoms with Crippen LogP contribution in [0.3, 0.4) is 0 Å². The number of hydrogen-bond donors (Lipinski definition) is 1. The smallest absolute Gasteiger partial charge is 0.290 e. The number of fused-ring (bicyclic) bond motifs is 2. The summed E-state index contributed by atoms with van der Waals surface area (Å²) >= 11 is 7.82. The Kier molecular flexibility index (Phi) is 4.95. The third kappa shape index (κ3) is 2.92. The minimum Gasteiger partial charge on any atom is -0.450 e. The molecule has 0 aliphatic carbocycles. The topological polar surface area (TPSA) is 70.8 Å². The molecule has 2 aromatic carbocycles. The second-order valence-corrected chi connectivity index (χ2v) is 7.96. The van der Waals surface area contributed by atoms with Crippen LogP contribution in [0.25, 0.3) is 11.0 Å². The molecule has 7 heteroatoms. The van der Waals surface area contributed by atoms with Crippen LogP contribution in [0.15, 0.2) is 50.5 Å². The predicted molar refractivity (Wildman–Crippen MR) is 110 cm³/mol. The normalized spacial score (nSPS) is 16.1. The van der Waals surface area contributed by atoms with Crippen molar-refractivity contribution in [3.8, 4) is 0 Å². The highest BCUT2D eigenvalue weighted by atomic mass is 35.5. The maximum atomic E-state index is 13.3. The Balaban J connectivity index is 1.98. The van der Waals surface area contributed by atoms with Gasteiger partial charge in [-0.15, -0.1) is 11.8 Å². The van der Waals surface area contributed by atoms with Crippen LogP contribution < -0.4 is 5.43 Å². The first-order valence-electron chi connectivity index (χ1n) is 8.79. The largest absolute Gasteiger partial charge is 0.450 e. The minimum absolute atomic E-state index is 0.0339. The molecule has 1 amide bonds. The van der Waals surface area contributed by atoms with Crippen LogP contribution >= 0.6 is 23.4 Å². The number of halogens is 1. The molecular weight excluding hydrogens is 398 g/mol. The molecule has 1 aliphatic heterocycles. The molecule has 4 rings (SSSR count). The number of rotatable bonds is 4. The van der Waals surface area contributed by atoms with Crippen LogP contribution in [0.5, 0.6) is 0 Å². The molecule has 0 radical (unpaired) electrons. The van der Waals surface area contributed by atoms with E-state index < -0.39 is 11.9 Å². The molecule has 3 aromatic rings. The fourth-order valence-electron chi connectivity index (χ4n) is 3.61. The fraction of sp³-hybridized carbons (Fsp3) is 0.238. The summed E-state index contributed by atoms with van der Waals surface area (Å²) in [4.78, 5) is 28.9. The van der Waals surface area contributed by atoms with Crippen molar-refractivity contribution in [2.45, 2.75) is 17.9 Å². The Labute approximate surface area is 170 Å². The van der Waals surface area contributed by atoms with E-state index in [2.05, 4.69) is 0 Å². The van der Waals surface area contributed by atoms with Crippen LogP contribution in [-0.2, 0) is 0 Å². The highest BCUT2D eigenvalue weighted by Crippen LogP contribution is 2.38. The monoisotopic (exact) mass is 415 g/mol. The highest BCUT2D eigenvalue weighted by molar-refractivity contribution is 7.98. The lowest BCUT2D eigenvalue weighted by atomic mass is 9.98. The molecule has 0 fully saturated rings. The summed E-state index contributed by atoms with van der Waals surface area (Å²) in [6.07, 6.45) is 1.98. The van der Waals surface area contributed by atoms with Gasteiger partial charge in [0.1, 0.15) is 5.58 Å². The number of aliphatic hydroxyl groups excluding tert-OH is 1. The van der Waals surface area contributed by atoms with Crippen molar-refractivity contribution < 1.29 is 14.3 Å². The number of nitrogens with zero attached hydrogens (tertiary/aromatic N) is 1. The summed E-state index contributed by atoms with van der Waals surface area (Å²) in [5.41, 5.74) is 1.91. The molecule has 0 bridgehead atoms. The van der Waals surface area contributed by atoms with Crippen LogP contribution in [0.2, 0.25) is 5.02 Å². The lowest BCUT2D eigenvalue weighted by Crippen LogP contribution is -2.32. The van der Waals surface area contributed by atoms with Gasteiger partial charge in [-0.25, -0.2) is 0 Å². The zero-order valence-corrected chi connectivity index (χ0v) is 16.9. The Morgan fingerprint density at radius 2 is 1.93 bits per heavy atom. The van der Waals surface area contributed by atoms with E-state index in [1.165, 1.54) is 4.90 Å². The van der Waals surface area contributed by atoms with Gasteiger partial charge in [0, 0.05) is 16.5 Å². The average Bonchev–Trinajstić information content (AvgIpc) is 2.96. The van der Waals surface area contributed by atoms with Crippen LogP contribution in [0.4, 0.5) is 0 Å². The van der Waals surface area contributed by atoms with E-state index in [0.717, 1.165) is 16.0 Å². The maximum Gasteiger partial charge on any atom is 0.290 e. The molecule has 0 saturated heterocycles. The molecule has 0 spiro atoms.